The molecule has 0 saturated heterocycles. The van der Waals surface area contributed by atoms with Crippen LogP contribution in [0.5, 0.6) is 0 Å². The SMILES string of the molecule is CC(C)c1ncc(N(C)Cc2ccc(Br)cc2)c(CN)n1. The Morgan fingerprint density at radius 2 is 1.90 bits per heavy atom. The topological polar surface area (TPSA) is 55.0 Å². The number of aromatic nitrogens is 2. The molecule has 0 amide bonds. The normalized spacial score (nSPS) is 11.0. The summed E-state index contributed by atoms with van der Waals surface area (Å²) in [6.45, 7) is 5.38. The molecule has 5 heteroatoms. The molecule has 112 valence electrons. The van der Waals surface area contributed by atoms with E-state index in [1.54, 1.807) is 0 Å². The lowest BCUT2D eigenvalue weighted by Gasteiger charge is -2.22. The molecule has 0 saturated carbocycles. The third-order valence-corrected chi connectivity index (χ3v) is 3.85. The van der Waals surface area contributed by atoms with Gasteiger partial charge < -0.3 is 10.6 Å². The maximum absolute atomic E-state index is 5.85. The molecule has 1 aromatic carbocycles. The van der Waals surface area contributed by atoms with Crippen molar-refractivity contribution < 1.29 is 0 Å². The van der Waals surface area contributed by atoms with Crippen LogP contribution in [-0.4, -0.2) is 17.0 Å². The molecule has 0 spiro atoms. The third-order valence-electron chi connectivity index (χ3n) is 3.32. The Morgan fingerprint density at radius 3 is 2.48 bits per heavy atom. The molecule has 0 aliphatic carbocycles. The largest absolute Gasteiger partial charge is 0.368 e. The molecule has 1 aromatic heterocycles. The summed E-state index contributed by atoms with van der Waals surface area (Å²) in [5.74, 6) is 1.15. The summed E-state index contributed by atoms with van der Waals surface area (Å²) in [7, 11) is 2.04. The summed E-state index contributed by atoms with van der Waals surface area (Å²) < 4.78 is 1.08. The predicted octanol–water partition coefficient (Wildman–Crippen LogP) is 3.46. The van der Waals surface area contributed by atoms with Gasteiger partial charge in [-0.3, -0.25) is 0 Å². The van der Waals surface area contributed by atoms with E-state index in [4.69, 9.17) is 5.73 Å². The summed E-state index contributed by atoms with van der Waals surface area (Å²) >= 11 is 3.45. The molecule has 0 aliphatic heterocycles. The fraction of sp³-hybridized carbons (Fsp3) is 0.375. The van der Waals surface area contributed by atoms with Gasteiger partial charge in [0.25, 0.3) is 0 Å². The zero-order chi connectivity index (χ0) is 15.4. The van der Waals surface area contributed by atoms with Crippen LogP contribution in [0.4, 0.5) is 5.69 Å². The molecular weight excluding hydrogens is 328 g/mol. The summed E-state index contributed by atoms with van der Waals surface area (Å²) in [4.78, 5) is 11.2. The van der Waals surface area contributed by atoms with Crippen LogP contribution < -0.4 is 10.6 Å². The van der Waals surface area contributed by atoms with Crippen molar-refractivity contribution >= 4 is 21.6 Å². The Labute approximate surface area is 134 Å². The monoisotopic (exact) mass is 348 g/mol. The lowest BCUT2D eigenvalue weighted by molar-refractivity contribution is 0.748. The third kappa shape index (κ3) is 4.02. The Bertz CT molecular complexity index is 596. The van der Waals surface area contributed by atoms with Crippen molar-refractivity contribution in [2.75, 3.05) is 11.9 Å². The van der Waals surface area contributed by atoms with Crippen LogP contribution in [-0.2, 0) is 13.1 Å². The predicted molar refractivity (Wildman–Crippen MR) is 90.3 cm³/mol. The number of nitrogens with two attached hydrogens (primary N) is 1. The van der Waals surface area contributed by atoms with Crippen LogP contribution in [0.1, 0.15) is 36.8 Å². The molecule has 21 heavy (non-hydrogen) atoms. The number of hydrogen-bond donors (Lipinski definition) is 1. The molecule has 2 aromatic rings. The molecule has 0 bridgehead atoms. The van der Waals surface area contributed by atoms with Crippen LogP contribution in [0.2, 0.25) is 0 Å². The van der Waals surface area contributed by atoms with Crippen molar-refractivity contribution in [3.05, 3.63) is 52.0 Å². The van der Waals surface area contributed by atoms with E-state index < -0.39 is 0 Å². The van der Waals surface area contributed by atoms with Crippen molar-refractivity contribution in [2.24, 2.45) is 5.73 Å². The summed E-state index contributed by atoms with van der Waals surface area (Å²) in [6, 6.07) is 8.30. The first-order chi connectivity index (χ1) is 10.0. The number of anilines is 1. The molecule has 4 nitrogen and oxygen atoms in total. The Hall–Kier alpha value is -1.46. The molecule has 0 atom stereocenters. The van der Waals surface area contributed by atoms with Gasteiger partial charge in [-0.2, -0.15) is 0 Å². The molecule has 0 fully saturated rings. The highest BCUT2D eigenvalue weighted by atomic mass is 79.9. The number of halogens is 1. The maximum Gasteiger partial charge on any atom is 0.131 e. The Morgan fingerprint density at radius 1 is 1.24 bits per heavy atom. The Kier molecular flexibility index (Phi) is 5.31. The van der Waals surface area contributed by atoms with Gasteiger partial charge in [0.05, 0.1) is 17.6 Å². The molecule has 1 heterocycles. The van der Waals surface area contributed by atoms with Gasteiger partial charge >= 0.3 is 0 Å². The minimum Gasteiger partial charge on any atom is -0.368 e. The van der Waals surface area contributed by atoms with Gasteiger partial charge in [0.2, 0.25) is 0 Å². The quantitative estimate of drug-likeness (QED) is 0.898. The lowest BCUT2D eigenvalue weighted by atomic mass is 10.2. The highest BCUT2D eigenvalue weighted by molar-refractivity contribution is 9.10. The molecule has 2 N–H and O–H groups in total. The van der Waals surface area contributed by atoms with Gasteiger partial charge in [0.15, 0.2) is 0 Å². The second-order valence-electron chi connectivity index (χ2n) is 5.40. The van der Waals surface area contributed by atoms with Crippen LogP contribution in [0, 0.1) is 0 Å². The number of hydrogen-bond acceptors (Lipinski definition) is 4. The van der Waals surface area contributed by atoms with E-state index in [1.165, 1.54) is 5.56 Å². The minimum absolute atomic E-state index is 0.307. The zero-order valence-corrected chi connectivity index (χ0v) is 14.3. The van der Waals surface area contributed by atoms with E-state index in [2.05, 4.69) is 56.8 Å². The number of rotatable bonds is 5. The van der Waals surface area contributed by atoms with Gasteiger partial charge in [-0.1, -0.05) is 41.9 Å². The van der Waals surface area contributed by atoms with E-state index in [-0.39, 0.29) is 0 Å². The van der Waals surface area contributed by atoms with Crippen LogP contribution >= 0.6 is 15.9 Å². The average molecular weight is 349 g/mol. The van der Waals surface area contributed by atoms with Gasteiger partial charge in [-0.25, -0.2) is 9.97 Å². The molecule has 0 unspecified atom stereocenters. The van der Waals surface area contributed by atoms with Gasteiger partial charge in [-0.15, -0.1) is 0 Å². The van der Waals surface area contributed by atoms with E-state index >= 15 is 0 Å². The standard InChI is InChI=1S/C16H21BrN4/c1-11(2)16-19-9-15(14(8-18)20-16)21(3)10-12-4-6-13(17)7-5-12/h4-7,9,11H,8,10,18H2,1-3H3. The average Bonchev–Trinajstić information content (AvgIpc) is 2.48. The number of benzene rings is 1. The van der Waals surface area contributed by atoms with Crippen molar-refractivity contribution in [2.45, 2.75) is 32.9 Å². The first-order valence-corrected chi connectivity index (χ1v) is 7.82. The summed E-state index contributed by atoms with van der Waals surface area (Å²) in [6.07, 6.45) is 1.88. The fourth-order valence-electron chi connectivity index (χ4n) is 2.12. The van der Waals surface area contributed by atoms with Crippen LogP contribution in [0.15, 0.2) is 34.9 Å². The van der Waals surface area contributed by atoms with Crippen molar-refractivity contribution in [1.29, 1.82) is 0 Å². The molecule has 0 aliphatic rings. The summed E-state index contributed by atoms with van der Waals surface area (Å²) in [5, 5.41) is 0. The van der Waals surface area contributed by atoms with Crippen LogP contribution in [0.25, 0.3) is 0 Å². The molecular formula is C16H21BrN4. The molecule has 2 rings (SSSR count). The van der Waals surface area contributed by atoms with Gasteiger partial charge in [0.1, 0.15) is 5.82 Å². The van der Waals surface area contributed by atoms with E-state index in [0.29, 0.717) is 12.5 Å². The van der Waals surface area contributed by atoms with Gasteiger partial charge in [0, 0.05) is 30.5 Å². The van der Waals surface area contributed by atoms with E-state index in [9.17, 15) is 0 Å². The maximum atomic E-state index is 5.85. The smallest absolute Gasteiger partial charge is 0.131 e. The van der Waals surface area contributed by atoms with Crippen molar-refractivity contribution in [3.8, 4) is 0 Å². The van der Waals surface area contributed by atoms with E-state index in [1.807, 2.05) is 25.4 Å². The molecule has 0 radical (unpaired) electrons. The van der Waals surface area contributed by atoms with Crippen LogP contribution in [0.3, 0.4) is 0 Å². The highest BCUT2D eigenvalue weighted by Gasteiger charge is 2.12. The zero-order valence-electron chi connectivity index (χ0n) is 12.7. The Balaban J connectivity index is 2.22. The second-order valence-corrected chi connectivity index (χ2v) is 6.32. The van der Waals surface area contributed by atoms with Crippen molar-refractivity contribution in [3.63, 3.8) is 0 Å². The van der Waals surface area contributed by atoms with E-state index in [0.717, 1.165) is 28.2 Å². The lowest BCUT2D eigenvalue weighted by Crippen LogP contribution is -2.21. The second kappa shape index (κ2) is 7.00. The first-order valence-electron chi connectivity index (χ1n) is 7.02. The fourth-order valence-corrected chi connectivity index (χ4v) is 2.39. The first kappa shape index (κ1) is 15.9. The summed E-state index contributed by atoms with van der Waals surface area (Å²) in [5.41, 5.74) is 8.97. The highest BCUT2D eigenvalue weighted by Crippen LogP contribution is 2.21. The van der Waals surface area contributed by atoms with Gasteiger partial charge in [-0.05, 0) is 17.7 Å². The minimum atomic E-state index is 0.307. The van der Waals surface area contributed by atoms with Crippen molar-refractivity contribution in [1.82, 2.24) is 9.97 Å². The number of nitrogens with zero attached hydrogens (tertiary/aromatic N) is 3.